The summed E-state index contributed by atoms with van der Waals surface area (Å²) in [5.74, 6) is 0. The summed E-state index contributed by atoms with van der Waals surface area (Å²) in [4.78, 5) is 5.80. The number of thiophene rings is 1. The smallest absolute Gasteiger partial charge is 0.211 e. The van der Waals surface area contributed by atoms with Crippen molar-refractivity contribution < 1.29 is 4.58 Å². The van der Waals surface area contributed by atoms with Gasteiger partial charge < -0.3 is 9.80 Å². The quantitative estimate of drug-likeness (QED) is 0.123. The molecule has 0 atom stereocenters. The van der Waals surface area contributed by atoms with E-state index in [1.54, 1.807) is 11.3 Å². The molecule has 4 nitrogen and oxygen atoms in total. The largest absolute Gasteiger partial charge is 0.341 e. The molecule has 0 radical (unpaired) electrons. The molecular formula is C53H53N4S+. The molecule has 0 spiro atoms. The van der Waals surface area contributed by atoms with E-state index in [9.17, 15) is 5.26 Å². The lowest BCUT2D eigenvalue weighted by atomic mass is 9.90. The van der Waals surface area contributed by atoms with Gasteiger partial charge in [0.25, 0.3) is 0 Å². The van der Waals surface area contributed by atoms with Gasteiger partial charge in [0.05, 0.1) is 5.56 Å². The maximum atomic E-state index is 11.1. The highest BCUT2D eigenvalue weighted by Gasteiger charge is 2.29. The number of nitrogens with zero attached hydrogens (tertiary/aromatic N) is 4. The molecule has 0 N–H and O–H groups in total. The maximum Gasteiger partial charge on any atom is 0.211 e. The van der Waals surface area contributed by atoms with Crippen LogP contribution in [0.5, 0.6) is 0 Å². The first kappa shape index (κ1) is 40.0. The predicted octanol–water partition coefficient (Wildman–Crippen LogP) is 13.9. The van der Waals surface area contributed by atoms with Gasteiger partial charge in [0.1, 0.15) is 17.6 Å². The number of benzene rings is 5. The summed E-state index contributed by atoms with van der Waals surface area (Å²) in [7, 11) is 0. The van der Waals surface area contributed by atoms with Gasteiger partial charge in [0, 0.05) is 69.4 Å². The van der Waals surface area contributed by atoms with Crippen molar-refractivity contribution in [2.75, 3.05) is 29.4 Å². The minimum Gasteiger partial charge on any atom is -0.341 e. The molecule has 1 aliphatic carbocycles. The summed E-state index contributed by atoms with van der Waals surface area (Å²) in [6.45, 7) is 19.9. The van der Waals surface area contributed by atoms with Crippen molar-refractivity contribution >= 4 is 50.4 Å². The summed E-state index contributed by atoms with van der Waals surface area (Å²) in [6.07, 6.45) is 9.05. The number of para-hydroxylation sites is 3. The lowest BCUT2D eigenvalue weighted by Gasteiger charge is -2.27. The Bertz CT molecular complexity index is 2570. The average Bonchev–Trinajstić information content (AvgIpc) is 3.61. The van der Waals surface area contributed by atoms with Gasteiger partial charge in [-0.1, -0.05) is 97.1 Å². The highest BCUT2D eigenvalue weighted by molar-refractivity contribution is 7.18. The van der Waals surface area contributed by atoms with Crippen molar-refractivity contribution in [1.82, 2.24) is 0 Å². The average molecular weight is 778 g/mol. The number of hydrogen-bond donors (Lipinski definition) is 0. The summed E-state index contributed by atoms with van der Waals surface area (Å²) in [6, 6.07) is 43.7. The lowest BCUT2D eigenvalue weighted by Crippen LogP contribution is -2.18. The molecule has 0 bridgehead atoms. The molecule has 0 saturated heterocycles. The van der Waals surface area contributed by atoms with Gasteiger partial charge in [0.15, 0.2) is 0 Å². The number of nitriles is 1. The molecule has 7 rings (SSSR count). The van der Waals surface area contributed by atoms with Crippen LogP contribution < -0.4 is 9.80 Å². The first-order chi connectivity index (χ1) is 28.2. The third-order valence-electron chi connectivity index (χ3n) is 11.2. The van der Waals surface area contributed by atoms with Crippen molar-refractivity contribution in [2.24, 2.45) is 0 Å². The van der Waals surface area contributed by atoms with Crippen LogP contribution in [-0.4, -0.2) is 29.9 Å². The molecule has 1 aliphatic rings. The van der Waals surface area contributed by atoms with Gasteiger partial charge in [-0.3, -0.25) is 0 Å². The van der Waals surface area contributed by atoms with Crippen molar-refractivity contribution in [1.29, 1.82) is 5.26 Å². The molecule has 0 aliphatic heterocycles. The van der Waals surface area contributed by atoms with E-state index in [1.165, 1.54) is 39.2 Å². The van der Waals surface area contributed by atoms with E-state index in [-0.39, 0.29) is 0 Å². The zero-order valence-electron chi connectivity index (χ0n) is 35.1. The van der Waals surface area contributed by atoms with Crippen LogP contribution in [0.3, 0.4) is 0 Å². The van der Waals surface area contributed by atoms with E-state index in [0.29, 0.717) is 5.56 Å². The van der Waals surface area contributed by atoms with Gasteiger partial charge in [-0.15, -0.1) is 11.3 Å². The fourth-order valence-corrected chi connectivity index (χ4v) is 9.95. The first-order valence-corrected chi connectivity index (χ1v) is 21.2. The van der Waals surface area contributed by atoms with Gasteiger partial charge >= 0.3 is 0 Å². The van der Waals surface area contributed by atoms with E-state index < -0.39 is 0 Å². The Hall–Kier alpha value is -6.22. The van der Waals surface area contributed by atoms with Crippen molar-refractivity contribution in [3.05, 3.63) is 189 Å². The summed E-state index contributed by atoms with van der Waals surface area (Å²) >= 11 is 1.72. The van der Waals surface area contributed by atoms with E-state index in [0.717, 1.165) is 74.4 Å². The van der Waals surface area contributed by atoms with Crippen LogP contribution in [0.4, 0.5) is 27.8 Å². The molecular weight excluding hydrogens is 725 g/mol. The monoisotopic (exact) mass is 777 g/mol. The van der Waals surface area contributed by atoms with Crippen LogP contribution in [0, 0.1) is 45.9 Å². The lowest BCUT2D eigenvalue weighted by molar-refractivity contribution is -0.435. The zero-order chi connectivity index (χ0) is 40.9. The van der Waals surface area contributed by atoms with Crippen LogP contribution in [0.1, 0.15) is 64.6 Å². The Labute approximate surface area is 349 Å². The molecule has 5 aromatic carbocycles. The van der Waals surface area contributed by atoms with Crippen molar-refractivity contribution in [3.8, 4) is 17.2 Å². The molecule has 58 heavy (non-hydrogen) atoms. The maximum absolute atomic E-state index is 11.1. The molecule has 0 unspecified atom stereocenters. The van der Waals surface area contributed by atoms with Crippen molar-refractivity contribution in [2.45, 2.75) is 55.4 Å². The SMILES string of the molecule is CCN(c1ccccc1C)c1sc(C(=C2C=CC(=[N+](CC)c3c(C)cccc3C)C=C2)c2ccc(N(CC)c3c(C)cccc3C)cc2)c(-c2ccccc2)c1C#N. The Morgan fingerprint density at radius 1 is 0.621 bits per heavy atom. The highest BCUT2D eigenvalue weighted by Crippen LogP contribution is 2.50. The van der Waals surface area contributed by atoms with Crippen LogP contribution in [0.2, 0.25) is 0 Å². The predicted molar refractivity (Wildman–Crippen MR) is 249 cm³/mol. The fraction of sp³-hybridized carbons (Fsp3) is 0.208. The van der Waals surface area contributed by atoms with Crippen LogP contribution in [0.15, 0.2) is 145 Å². The molecule has 6 aromatic rings. The molecule has 1 heterocycles. The summed E-state index contributed by atoms with van der Waals surface area (Å²) in [5, 5.41) is 12.1. The second kappa shape index (κ2) is 17.5. The molecule has 0 fully saturated rings. The Morgan fingerprint density at radius 3 is 1.76 bits per heavy atom. The number of allylic oxidation sites excluding steroid dienone is 5. The second-order valence-corrected chi connectivity index (χ2v) is 15.9. The number of hydrogen-bond acceptors (Lipinski definition) is 4. The fourth-order valence-electron chi connectivity index (χ4n) is 8.51. The zero-order valence-corrected chi connectivity index (χ0v) is 35.9. The number of aryl methyl sites for hydroxylation is 5. The molecule has 1 aromatic heterocycles. The van der Waals surface area contributed by atoms with Crippen LogP contribution >= 0.6 is 11.3 Å². The number of anilines is 4. The van der Waals surface area contributed by atoms with E-state index in [2.05, 4.69) is 209 Å². The Kier molecular flexibility index (Phi) is 12.1. The third kappa shape index (κ3) is 7.61. The molecule has 290 valence electrons. The van der Waals surface area contributed by atoms with Gasteiger partial charge in [-0.05, 0) is 119 Å². The normalized spacial score (nSPS) is 12.1. The Morgan fingerprint density at radius 2 is 1.19 bits per heavy atom. The topological polar surface area (TPSA) is 33.3 Å². The molecule has 0 saturated carbocycles. The second-order valence-electron chi connectivity index (χ2n) is 14.9. The number of rotatable bonds is 11. The Balaban J connectivity index is 1.48. The van der Waals surface area contributed by atoms with E-state index in [4.69, 9.17) is 0 Å². The van der Waals surface area contributed by atoms with E-state index >= 15 is 0 Å². The van der Waals surface area contributed by atoms with E-state index in [1.807, 2.05) is 6.07 Å². The minimum atomic E-state index is 0.696. The molecule has 5 heteroatoms. The first-order valence-electron chi connectivity index (χ1n) is 20.4. The highest BCUT2D eigenvalue weighted by atomic mass is 32.1. The summed E-state index contributed by atoms with van der Waals surface area (Å²) in [5.41, 5.74) is 18.1. The van der Waals surface area contributed by atoms with Crippen LogP contribution in [-0.2, 0) is 0 Å². The van der Waals surface area contributed by atoms with Crippen molar-refractivity contribution in [3.63, 3.8) is 0 Å². The van der Waals surface area contributed by atoms with Gasteiger partial charge in [-0.25, -0.2) is 0 Å². The van der Waals surface area contributed by atoms with Crippen LogP contribution in [0.25, 0.3) is 16.7 Å². The standard InChI is InChI=1S/C53H53N4S/c1-9-55(50-37(5)20-17-21-38(50)6)44-31-27-42(28-32-44)48(43-29-33-45(34-30-43)56(10-2)51-39(7)22-18-23-40(51)8)52-49(41-24-13-12-14-25-41)46(35-54)53(58-52)57(11-3)47-26-16-15-19-36(47)4/h12-34H,9-11H2,1-8H3/q+1. The van der Waals surface area contributed by atoms with Gasteiger partial charge in [0.2, 0.25) is 11.4 Å². The third-order valence-corrected chi connectivity index (χ3v) is 12.5. The summed E-state index contributed by atoms with van der Waals surface area (Å²) < 4.78 is 2.41. The minimum absolute atomic E-state index is 0.696. The van der Waals surface area contributed by atoms with Gasteiger partial charge in [-0.2, -0.15) is 9.84 Å². The molecule has 0 amide bonds.